The van der Waals surface area contributed by atoms with Gasteiger partial charge in [-0.1, -0.05) is 0 Å². The minimum Gasteiger partial charge on any atom is -0.384 e. The summed E-state index contributed by atoms with van der Waals surface area (Å²) < 4.78 is 16.0. The van der Waals surface area contributed by atoms with E-state index in [1.54, 1.807) is 0 Å². The Balaban J connectivity index is 2.37. The highest BCUT2D eigenvalue weighted by atomic mass is 79.9. The van der Waals surface area contributed by atoms with Crippen LogP contribution in [0, 0.1) is 5.82 Å². The molecule has 0 saturated heterocycles. The Hall–Kier alpha value is -2.00. The normalized spacial score (nSPS) is 13.2. The van der Waals surface area contributed by atoms with Gasteiger partial charge < -0.3 is 5.73 Å². The van der Waals surface area contributed by atoms with Crippen LogP contribution in [0.25, 0.3) is 5.69 Å². The van der Waals surface area contributed by atoms with E-state index in [1.807, 2.05) is 5.32 Å². The molecule has 22 heavy (non-hydrogen) atoms. The Kier molecular flexibility index (Phi) is 3.41. The lowest BCUT2D eigenvalue weighted by Crippen LogP contribution is -2.24. The van der Waals surface area contributed by atoms with E-state index < -0.39 is 23.2 Å². The topological polar surface area (TPSA) is 94.2 Å². The van der Waals surface area contributed by atoms with Gasteiger partial charge in [-0.15, -0.1) is 0 Å². The molecule has 1 aromatic heterocycles. The molecule has 112 valence electrons. The van der Waals surface area contributed by atoms with Gasteiger partial charge in [0.05, 0.1) is 16.8 Å². The number of anilines is 1. The van der Waals surface area contributed by atoms with E-state index in [-0.39, 0.29) is 22.6 Å². The second-order valence-electron chi connectivity index (χ2n) is 4.49. The molecule has 0 radical (unpaired) electrons. The first kappa shape index (κ1) is 14.9. The Morgan fingerprint density at radius 3 is 2.36 bits per heavy atom. The van der Waals surface area contributed by atoms with E-state index in [0.29, 0.717) is 8.95 Å². The van der Waals surface area contributed by atoms with Crippen molar-refractivity contribution >= 4 is 49.5 Å². The molecule has 1 aromatic carbocycles. The van der Waals surface area contributed by atoms with Crippen LogP contribution in [0.3, 0.4) is 0 Å². The Bertz CT molecular complexity index is 924. The Labute approximate surface area is 139 Å². The lowest BCUT2D eigenvalue weighted by molar-refractivity contribution is 0.0880. The third kappa shape index (κ3) is 2.08. The van der Waals surface area contributed by atoms with Crippen molar-refractivity contribution in [2.24, 2.45) is 0 Å². The van der Waals surface area contributed by atoms with Crippen LogP contribution in [0.4, 0.5) is 10.2 Å². The molecule has 2 aromatic rings. The maximum absolute atomic E-state index is 14.2. The number of rotatable bonds is 1. The molecule has 2 amide bonds. The summed E-state index contributed by atoms with van der Waals surface area (Å²) >= 11 is 6.35. The Morgan fingerprint density at radius 2 is 1.68 bits per heavy atom. The molecule has 0 saturated carbocycles. The summed E-state index contributed by atoms with van der Waals surface area (Å²) in [6.45, 7) is 0. The highest BCUT2D eigenvalue weighted by molar-refractivity contribution is 9.13. The van der Waals surface area contributed by atoms with Gasteiger partial charge in [0.15, 0.2) is 0 Å². The summed E-state index contributed by atoms with van der Waals surface area (Å²) in [7, 11) is 0. The first-order valence-corrected chi connectivity index (χ1v) is 7.46. The van der Waals surface area contributed by atoms with Crippen molar-refractivity contribution in [1.29, 1.82) is 0 Å². The molecule has 6 nitrogen and oxygen atoms in total. The number of aromatic nitrogens is 1. The van der Waals surface area contributed by atoms with Crippen molar-refractivity contribution in [1.82, 2.24) is 9.88 Å². The zero-order chi connectivity index (χ0) is 16.2. The first-order valence-electron chi connectivity index (χ1n) is 5.87. The van der Waals surface area contributed by atoms with Gasteiger partial charge in [0.1, 0.15) is 11.6 Å². The molecule has 3 rings (SSSR count). The molecule has 0 spiro atoms. The molecule has 0 atom stereocenters. The molecule has 2 heterocycles. The highest BCUT2D eigenvalue weighted by Gasteiger charge is 2.32. The van der Waals surface area contributed by atoms with Gasteiger partial charge >= 0.3 is 0 Å². The number of hydrogen-bond donors (Lipinski definition) is 2. The van der Waals surface area contributed by atoms with Gasteiger partial charge in [0.2, 0.25) is 0 Å². The zero-order valence-electron chi connectivity index (χ0n) is 10.6. The summed E-state index contributed by atoms with van der Waals surface area (Å²) in [4.78, 5) is 35.5. The van der Waals surface area contributed by atoms with Gasteiger partial charge in [-0.2, -0.15) is 0 Å². The minimum atomic E-state index is -0.720. The summed E-state index contributed by atoms with van der Waals surface area (Å²) in [6.07, 6.45) is 0. The molecule has 1 aliphatic heterocycles. The third-order valence-corrected chi connectivity index (χ3v) is 5.03. The van der Waals surface area contributed by atoms with Gasteiger partial charge in [0.25, 0.3) is 17.4 Å². The average molecular weight is 431 g/mol. The molecule has 0 fully saturated rings. The predicted molar refractivity (Wildman–Crippen MR) is 83.6 cm³/mol. The highest BCUT2D eigenvalue weighted by Crippen LogP contribution is 2.30. The van der Waals surface area contributed by atoms with Crippen LogP contribution in [-0.2, 0) is 0 Å². The largest absolute Gasteiger partial charge is 0.384 e. The summed E-state index contributed by atoms with van der Waals surface area (Å²) in [5.74, 6) is -2.43. The molecule has 1 aliphatic rings. The molecule has 3 N–H and O–H groups in total. The van der Waals surface area contributed by atoms with E-state index in [0.717, 1.165) is 16.7 Å². The van der Waals surface area contributed by atoms with Gasteiger partial charge in [-0.05, 0) is 44.0 Å². The quantitative estimate of drug-likeness (QED) is 0.534. The van der Waals surface area contributed by atoms with Crippen molar-refractivity contribution in [2.75, 3.05) is 5.73 Å². The standard InChI is InChI=1S/C13H6Br2FN3O3/c14-5-2-7(16)8(3-6(5)15)19-9(20)1-4-10(11(19)17)13(22)18-12(4)21/h1-3H,17H2,(H,18,21,22). The molecular formula is C13H6Br2FN3O3. The maximum Gasteiger partial charge on any atom is 0.262 e. The molecule has 9 heteroatoms. The molecule has 0 unspecified atom stereocenters. The van der Waals surface area contributed by atoms with Crippen molar-refractivity contribution in [2.45, 2.75) is 0 Å². The number of carbonyl (C=O) groups excluding carboxylic acids is 2. The Morgan fingerprint density at radius 1 is 1.05 bits per heavy atom. The number of benzene rings is 1. The first-order chi connectivity index (χ1) is 10.3. The summed E-state index contributed by atoms with van der Waals surface area (Å²) in [5.41, 5.74) is 4.74. The second-order valence-corrected chi connectivity index (χ2v) is 6.20. The van der Waals surface area contributed by atoms with Crippen LogP contribution >= 0.6 is 31.9 Å². The lowest BCUT2D eigenvalue weighted by atomic mass is 10.1. The fraction of sp³-hybridized carbons (Fsp3) is 0. The summed E-state index contributed by atoms with van der Waals surface area (Å²) in [5, 5.41) is 2.04. The van der Waals surface area contributed by atoms with Crippen LogP contribution in [-0.4, -0.2) is 16.4 Å². The number of nitrogens with zero attached hydrogens (tertiary/aromatic N) is 1. The second kappa shape index (κ2) is 5.03. The van der Waals surface area contributed by atoms with Gasteiger partial charge in [-0.3, -0.25) is 24.3 Å². The SMILES string of the molecule is Nc1c2c(cc(=O)n1-c1cc(Br)c(Br)cc1F)C(=O)NC2=O. The van der Waals surface area contributed by atoms with E-state index in [4.69, 9.17) is 5.73 Å². The van der Waals surface area contributed by atoms with Crippen LogP contribution in [0.2, 0.25) is 0 Å². The predicted octanol–water partition coefficient (Wildman–Crippen LogP) is 1.97. The number of pyridine rings is 1. The monoisotopic (exact) mass is 429 g/mol. The van der Waals surface area contributed by atoms with Crippen molar-refractivity contribution in [3.8, 4) is 5.69 Å². The lowest BCUT2D eigenvalue weighted by Gasteiger charge is -2.13. The van der Waals surface area contributed by atoms with E-state index in [2.05, 4.69) is 31.9 Å². The smallest absolute Gasteiger partial charge is 0.262 e. The van der Waals surface area contributed by atoms with Crippen molar-refractivity contribution in [3.05, 3.63) is 54.4 Å². The number of nitrogens with two attached hydrogens (primary N) is 1. The summed E-state index contributed by atoms with van der Waals surface area (Å²) in [6, 6.07) is 3.46. The fourth-order valence-electron chi connectivity index (χ4n) is 2.21. The number of amides is 2. The van der Waals surface area contributed by atoms with Crippen molar-refractivity contribution in [3.63, 3.8) is 0 Å². The number of nitrogens with one attached hydrogen (secondary N) is 1. The molecular weight excluding hydrogens is 425 g/mol. The average Bonchev–Trinajstić information content (AvgIpc) is 2.70. The third-order valence-electron chi connectivity index (χ3n) is 3.18. The van der Waals surface area contributed by atoms with Crippen LogP contribution in [0.1, 0.15) is 20.7 Å². The number of hydrogen-bond acceptors (Lipinski definition) is 4. The number of nitrogen functional groups attached to an aromatic ring is 1. The fourth-order valence-corrected chi connectivity index (χ4v) is 2.86. The number of fused-ring (bicyclic) bond motifs is 1. The molecule has 0 bridgehead atoms. The van der Waals surface area contributed by atoms with E-state index in [1.165, 1.54) is 6.07 Å². The minimum absolute atomic E-state index is 0.111. The number of halogens is 3. The van der Waals surface area contributed by atoms with Crippen molar-refractivity contribution < 1.29 is 14.0 Å². The molecule has 0 aliphatic carbocycles. The zero-order valence-corrected chi connectivity index (χ0v) is 13.8. The van der Waals surface area contributed by atoms with Gasteiger partial charge in [0, 0.05) is 15.0 Å². The maximum atomic E-state index is 14.2. The number of carbonyl (C=O) groups is 2. The van der Waals surface area contributed by atoms with Gasteiger partial charge in [-0.25, -0.2) is 4.39 Å². The van der Waals surface area contributed by atoms with Crippen LogP contribution in [0.15, 0.2) is 31.9 Å². The van der Waals surface area contributed by atoms with Crippen LogP contribution < -0.4 is 16.6 Å². The number of imide groups is 1. The van der Waals surface area contributed by atoms with Crippen LogP contribution in [0.5, 0.6) is 0 Å². The van der Waals surface area contributed by atoms with E-state index >= 15 is 0 Å². The van der Waals surface area contributed by atoms with E-state index in [9.17, 15) is 18.8 Å².